The maximum atomic E-state index is 13.1. The molecule has 4 rings (SSSR count). The number of carbonyl (C=O) groups excluding carboxylic acids is 1. The molecule has 1 atom stereocenters. The molecule has 0 fully saturated rings. The van der Waals surface area contributed by atoms with E-state index in [-0.39, 0.29) is 11.9 Å². The van der Waals surface area contributed by atoms with E-state index in [4.69, 9.17) is 11.6 Å². The number of aromatic nitrogens is 2. The molecule has 6 heteroatoms. The van der Waals surface area contributed by atoms with Crippen molar-refractivity contribution < 1.29 is 4.79 Å². The zero-order valence-corrected chi connectivity index (χ0v) is 16.4. The molecule has 1 aliphatic heterocycles. The number of para-hydroxylation sites is 1. The fourth-order valence-corrected chi connectivity index (χ4v) is 3.68. The Morgan fingerprint density at radius 2 is 1.96 bits per heavy atom. The first-order valence-electron chi connectivity index (χ1n) is 9.33. The summed E-state index contributed by atoms with van der Waals surface area (Å²) in [7, 11) is 0. The summed E-state index contributed by atoms with van der Waals surface area (Å²) in [4.78, 5) is 23.4. The lowest BCUT2D eigenvalue weighted by atomic mass is 10.1. The van der Waals surface area contributed by atoms with Crippen molar-refractivity contribution in [2.75, 3.05) is 16.8 Å². The highest BCUT2D eigenvalue weighted by Gasteiger charge is 2.31. The van der Waals surface area contributed by atoms with E-state index in [1.54, 1.807) is 6.07 Å². The standard InChI is InChI=1S/C22H21ClN4O/c1-15-12-17-4-2-3-5-20(17)27(15)22(28)19-13-21(26-14-25-19)24-11-10-16-6-8-18(23)9-7-16/h2-9,13-15H,10-12H2,1H3,(H,24,25,26). The average molecular weight is 393 g/mol. The number of halogens is 1. The fraction of sp³-hybridized carbons (Fsp3) is 0.227. The SMILES string of the molecule is CC1Cc2ccccc2N1C(=O)c1cc(NCCc2ccc(Cl)cc2)ncn1. The number of hydrogen-bond donors (Lipinski definition) is 1. The lowest BCUT2D eigenvalue weighted by Gasteiger charge is -2.22. The third kappa shape index (κ3) is 3.85. The monoisotopic (exact) mass is 392 g/mol. The lowest BCUT2D eigenvalue weighted by molar-refractivity contribution is 0.0976. The molecule has 0 saturated carbocycles. The van der Waals surface area contributed by atoms with Gasteiger partial charge < -0.3 is 10.2 Å². The summed E-state index contributed by atoms with van der Waals surface area (Å²) >= 11 is 5.92. The Labute approximate surface area is 169 Å². The van der Waals surface area contributed by atoms with Gasteiger partial charge in [0.1, 0.15) is 17.8 Å². The van der Waals surface area contributed by atoms with E-state index in [2.05, 4.69) is 28.3 Å². The number of fused-ring (bicyclic) bond motifs is 1. The Morgan fingerprint density at radius 1 is 1.18 bits per heavy atom. The minimum Gasteiger partial charge on any atom is -0.370 e. The van der Waals surface area contributed by atoms with Crippen molar-refractivity contribution in [1.29, 1.82) is 0 Å². The maximum absolute atomic E-state index is 13.1. The van der Waals surface area contributed by atoms with Crippen LogP contribution in [0, 0.1) is 0 Å². The normalized spacial score (nSPS) is 15.4. The molecule has 1 aliphatic rings. The minimum atomic E-state index is -0.0967. The quantitative estimate of drug-likeness (QED) is 0.700. The highest BCUT2D eigenvalue weighted by molar-refractivity contribution is 6.30. The van der Waals surface area contributed by atoms with Crippen LogP contribution in [0.1, 0.15) is 28.5 Å². The Kier molecular flexibility index (Phi) is 5.26. The van der Waals surface area contributed by atoms with Gasteiger partial charge in [-0.3, -0.25) is 4.79 Å². The largest absolute Gasteiger partial charge is 0.370 e. The summed E-state index contributed by atoms with van der Waals surface area (Å²) in [5.41, 5.74) is 3.74. The van der Waals surface area contributed by atoms with Crippen molar-refractivity contribution in [1.82, 2.24) is 9.97 Å². The van der Waals surface area contributed by atoms with Crippen LogP contribution in [-0.4, -0.2) is 28.5 Å². The summed E-state index contributed by atoms with van der Waals surface area (Å²) in [5, 5.41) is 4.00. The molecule has 0 bridgehead atoms. The van der Waals surface area contributed by atoms with Gasteiger partial charge in [0.2, 0.25) is 0 Å². The number of nitrogens with one attached hydrogen (secondary N) is 1. The van der Waals surface area contributed by atoms with Gasteiger partial charge in [-0.15, -0.1) is 0 Å². The Morgan fingerprint density at radius 3 is 2.79 bits per heavy atom. The van der Waals surface area contributed by atoms with Crippen LogP contribution in [0.3, 0.4) is 0 Å². The van der Waals surface area contributed by atoms with E-state index in [9.17, 15) is 4.79 Å². The van der Waals surface area contributed by atoms with Gasteiger partial charge in [-0.05, 0) is 49.1 Å². The van der Waals surface area contributed by atoms with Gasteiger partial charge >= 0.3 is 0 Å². The van der Waals surface area contributed by atoms with Crippen molar-refractivity contribution >= 4 is 29.0 Å². The van der Waals surface area contributed by atoms with Gasteiger partial charge in [0.05, 0.1) is 0 Å². The summed E-state index contributed by atoms with van der Waals surface area (Å²) in [6, 6.07) is 17.6. The Bertz CT molecular complexity index is 990. The topological polar surface area (TPSA) is 58.1 Å². The van der Waals surface area contributed by atoms with E-state index < -0.39 is 0 Å². The zero-order valence-electron chi connectivity index (χ0n) is 15.6. The molecule has 28 heavy (non-hydrogen) atoms. The van der Waals surface area contributed by atoms with Crippen molar-refractivity contribution in [3.05, 3.63) is 82.8 Å². The summed E-state index contributed by atoms with van der Waals surface area (Å²) < 4.78 is 0. The second-order valence-electron chi connectivity index (χ2n) is 6.95. The molecule has 0 radical (unpaired) electrons. The van der Waals surface area contributed by atoms with Crippen molar-refractivity contribution in [2.45, 2.75) is 25.8 Å². The summed E-state index contributed by atoms with van der Waals surface area (Å²) in [6.07, 6.45) is 3.13. The first kappa shape index (κ1) is 18.4. The number of amides is 1. The molecular weight excluding hydrogens is 372 g/mol. The third-order valence-corrected chi connectivity index (χ3v) is 5.20. The molecule has 1 unspecified atom stereocenters. The Hall–Kier alpha value is -2.92. The van der Waals surface area contributed by atoms with E-state index >= 15 is 0 Å². The fourth-order valence-electron chi connectivity index (χ4n) is 3.56. The van der Waals surface area contributed by atoms with Gasteiger partial charge in [-0.1, -0.05) is 41.9 Å². The molecule has 142 valence electrons. The van der Waals surface area contributed by atoms with Crippen molar-refractivity contribution in [3.63, 3.8) is 0 Å². The molecule has 1 amide bonds. The van der Waals surface area contributed by atoms with Crippen LogP contribution < -0.4 is 10.2 Å². The second-order valence-corrected chi connectivity index (χ2v) is 7.39. The van der Waals surface area contributed by atoms with Crippen LogP contribution in [-0.2, 0) is 12.8 Å². The second kappa shape index (κ2) is 7.98. The molecule has 1 aromatic heterocycles. The van der Waals surface area contributed by atoms with Crippen molar-refractivity contribution in [2.24, 2.45) is 0 Å². The smallest absolute Gasteiger partial charge is 0.277 e. The van der Waals surface area contributed by atoms with Gasteiger partial charge in [-0.25, -0.2) is 9.97 Å². The molecular formula is C22H21ClN4O. The maximum Gasteiger partial charge on any atom is 0.277 e. The predicted molar refractivity (Wildman–Crippen MR) is 112 cm³/mol. The highest BCUT2D eigenvalue weighted by atomic mass is 35.5. The molecule has 0 spiro atoms. The molecule has 0 saturated heterocycles. The third-order valence-electron chi connectivity index (χ3n) is 4.95. The number of benzene rings is 2. The minimum absolute atomic E-state index is 0.0967. The average Bonchev–Trinajstić information content (AvgIpc) is 3.05. The molecule has 1 N–H and O–H groups in total. The van der Waals surface area contributed by atoms with E-state index in [1.807, 2.05) is 47.4 Å². The first-order chi connectivity index (χ1) is 13.6. The van der Waals surface area contributed by atoms with Gasteiger partial charge in [-0.2, -0.15) is 0 Å². The summed E-state index contributed by atoms with van der Waals surface area (Å²) in [6.45, 7) is 2.76. The molecule has 3 aromatic rings. The van der Waals surface area contributed by atoms with E-state index in [0.29, 0.717) is 18.1 Å². The molecule has 0 aliphatic carbocycles. The van der Waals surface area contributed by atoms with E-state index in [0.717, 1.165) is 23.6 Å². The number of nitrogens with zero attached hydrogens (tertiary/aromatic N) is 3. The van der Waals surface area contributed by atoms with Gasteiger partial charge in [0.25, 0.3) is 5.91 Å². The van der Waals surface area contributed by atoms with E-state index in [1.165, 1.54) is 17.5 Å². The zero-order chi connectivity index (χ0) is 19.5. The first-order valence-corrected chi connectivity index (χ1v) is 9.71. The number of rotatable bonds is 5. The number of hydrogen-bond acceptors (Lipinski definition) is 4. The lowest BCUT2D eigenvalue weighted by Crippen LogP contribution is -2.36. The number of anilines is 2. The van der Waals surface area contributed by atoms with Gasteiger partial charge in [0.15, 0.2) is 0 Å². The van der Waals surface area contributed by atoms with Crippen LogP contribution >= 0.6 is 11.6 Å². The molecule has 5 nitrogen and oxygen atoms in total. The summed E-state index contributed by atoms with van der Waals surface area (Å²) in [5.74, 6) is 0.549. The van der Waals surface area contributed by atoms with Crippen molar-refractivity contribution in [3.8, 4) is 0 Å². The van der Waals surface area contributed by atoms with Crippen LogP contribution in [0.5, 0.6) is 0 Å². The van der Waals surface area contributed by atoms with Crippen LogP contribution in [0.2, 0.25) is 5.02 Å². The number of carbonyl (C=O) groups is 1. The highest BCUT2D eigenvalue weighted by Crippen LogP contribution is 2.32. The van der Waals surface area contributed by atoms with Gasteiger partial charge in [0, 0.05) is 29.4 Å². The Balaban J connectivity index is 1.45. The van der Waals surface area contributed by atoms with Crippen LogP contribution in [0.4, 0.5) is 11.5 Å². The predicted octanol–water partition coefficient (Wildman–Crippen LogP) is 4.38. The van der Waals surface area contributed by atoms with Crippen LogP contribution in [0.25, 0.3) is 0 Å². The molecule has 2 heterocycles. The van der Waals surface area contributed by atoms with Crippen LogP contribution in [0.15, 0.2) is 60.9 Å². The molecule has 2 aromatic carbocycles.